The quantitative estimate of drug-likeness (QED) is 0.556. The molecule has 0 spiro atoms. The number of carbonyl (C=O) groups is 2. The Morgan fingerprint density at radius 2 is 1.76 bits per heavy atom. The van der Waals surface area contributed by atoms with E-state index in [1.165, 1.54) is 11.8 Å². The van der Waals surface area contributed by atoms with Crippen molar-refractivity contribution >= 4 is 29.3 Å². The molecule has 0 aliphatic carbocycles. The first-order chi connectivity index (χ1) is 14.0. The molecule has 3 rings (SSSR count). The minimum Gasteiger partial charge on any atom is -0.353 e. The minimum absolute atomic E-state index is 0.0268. The molecule has 1 aliphatic rings. The molecule has 7 nitrogen and oxygen atoms in total. The topological polar surface area (TPSA) is 69.6 Å². The van der Waals surface area contributed by atoms with E-state index in [0.29, 0.717) is 12.2 Å². The molecule has 1 aromatic carbocycles. The van der Waals surface area contributed by atoms with Gasteiger partial charge in [-0.05, 0) is 37.6 Å². The van der Waals surface area contributed by atoms with Crippen LogP contribution in [0.1, 0.15) is 11.7 Å². The lowest BCUT2D eigenvalue weighted by atomic mass is 10.1. The molecule has 29 heavy (non-hydrogen) atoms. The number of aromatic nitrogens is 1. The number of rotatable bonds is 6. The average molecular weight is 416 g/mol. The number of para-hydroxylation sites is 1. The smallest absolute Gasteiger partial charge is 0.313 e. The highest BCUT2D eigenvalue weighted by molar-refractivity contribution is 7.98. The lowest BCUT2D eigenvalue weighted by Gasteiger charge is -2.38. The predicted octanol–water partition coefficient (Wildman–Crippen LogP) is 1.79. The summed E-state index contributed by atoms with van der Waals surface area (Å²) in [4.78, 5) is 30.5. The van der Waals surface area contributed by atoms with E-state index in [2.05, 4.69) is 38.1 Å². The van der Waals surface area contributed by atoms with Crippen LogP contribution < -0.4 is 10.6 Å². The van der Waals surface area contributed by atoms with Crippen LogP contribution in [0.3, 0.4) is 0 Å². The van der Waals surface area contributed by atoms with Crippen LogP contribution in [0.2, 0.25) is 0 Å². The van der Waals surface area contributed by atoms with Gasteiger partial charge in [0, 0.05) is 56.6 Å². The number of likely N-dealkylation sites (N-methyl/N-ethyl adjacent to an activating group) is 1. The molecule has 1 atom stereocenters. The molecule has 0 bridgehead atoms. The fourth-order valence-corrected chi connectivity index (χ4v) is 4.13. The van der Waals surface area contributed by atoms with Crippen molar-refractivity contribution in [1.82, 2.24) is 19.7 Å². The van der Waals surface area contributed by atoms with Crippen molar-refractivity contribution < 1.29 is 9.59 Å². The van der Waals surface area contributed by atoms with Gasteiger partial charge in [-0.3, -0.25) is 14.5 Å². The predicted molar refractivity (Wildman–Crippen MR) is 117 cm³/mol. The molecule has 1 aliphatic heterocycles. The van der Waals surface area contributed by atoms with Crippen LogP contribution in [-0.4, -0.2) is 72.2 Å². The monoisotopic (exact) mass is 415 g/mol. The highest BCUT2D eigenvalue weighted by atomic mass is 32.2. The molecule has 2 aromatic rings. The number of aryl methyl sites for hydroxylation is 1. The van der Waals surface area contributed by atoms with Gasteiger partial charge in [-0.1, -0.05) is 12.1 Å². The molecule has 2 amide bonds. The Hall–Kier alpha value is -2.29. The fourth-order valence-electron chi connectivity index (χ4n) is 3.57. The number of carbonyl (C=O) groups excluding carboxylic acids is 2. The van der Waals surface area contributed by atoms with Crippen molar-refractivity contribution in [3.63, 3.8) is 0 Å². The first-order valence-corrected chi connectivity index (χ1v) is 11.0. The summed E-state index contributed by atoms with van der Waals surface area (Å²) in [6.45, 7) is 4.21. The van der Waals surface area contributed by atoms with Crippen LogP contribution in [-0.2, 0) is 16.6 Å². The molecule has 0 saturated carbocycles. The number of hydrogen-bond acceptors (Lipinski definition) is 5. The summed E-state index contributed by atoms with van der Waals surface area (Å²) < 4.78 is 2.07. The lowest BCUT2D eigenvalue weighted by Crippen LogP contribution is -2.49. The van der Waals surface area contributed by atoms with Crippen LogP contribution >= 0.6 is 11.8 Å². The SMILES string of the molecule is CSc1ccccc1NC(=O)C(=O)NCC(c1cccn1C)N1CCN(C)CC1. The van der Waals surface area contributed by atoms with Gasteiger partial charge in [0.15, 0.2) is 0 Å². The summed E-state index contributed by atoms with van der Waals surface area (Å²) in [5.41, 5.74) is 1.78. The number of benzene rings is 1. The Morgan fingerprint density at radius 1 is 1.03 bits per heavy atom. The van der Waals surface area contributed by atoms with Crippen molar-refractivity contribution in [2.45, 2.75) is 10.9 Å². The summed E-state index contributed by atoms with van der Waals surface area (Å²) in [5.74, 6) is -1.26. The third-order valence-corrected chi connectivity index (χ3v) is 6.12. The Morgan fingerprint density at radius 3 is 2.41 bits per heavy atom. The molecule has 1 unspecified atom stereocenters. The zero-order valence-electron chi connectivity index (χ0n) is 17.2. The maximum atomic E-state index is 12.5. The highest BCUT2D eigenvalue weighted by Crippen LogP contribution is 2.24. The molecule has 156 valence electrons. The van der Waals surface area contributed by atoms with Gasteiger partial charge in [0.05, 0.1) is 11.7 Å². The van der Waals surface area contributed by atoms with Gasteiger partial charge in [-0.2, -0.15) is 0 Å². The Bertz CT molecular complexity index is 845. The molecule has 0 radical (unpaired) electrons. The maximum absolute atomic E-state index is 12.5. The summed E-state index contributed by atoms with van der Waals surface area (Å²) in [7, 11) is 4.12. The van der Waals surface area contributed by atoms with Gasteiger partial charge < -0.3 is 20.1 Å². The third kappa shape index (κ3) is 5.41. The Kier molecular flexibility index (Phi) is 7.35. The first-order valence-electron chi connectivity index (χ1n) is 9.75. The van der Waals surface area contributed by atoms with Gasteiger partial charge in [0.1, 0.15) is 0 Å². The average Bonchev–Trinajstić information content (AvgIpc) is 3.15. The van der Waals surface area contributed by atoms with Crippen LogP contribution in [0.25, 0.3) is 0 Å². The number of nitrogens with zero attached hydrogens (tertiary/aromatic N) is 3. The van der Waals surface area contributed by atoms with Crippen molar-refractivity contribution in [1.29, 1.82) is 0 Å². The highest BCUT2D eigenvalue weighted by Gasteiger charge is 2.27. The molecular weight excluding hydrogens is 386 g/mol. The van der Waals surface area contributed by atoms with E-state index in [9.17, 15) is 9.59 Å². The van der Waals surface area contributed by atoms with Crippen LogP contribution in [0.5, 0.6) is 0 Å². The van der Waals surface area contributed by atoms with Gasteiger partial charge in [-0.25, -0.2) is 0 Å². The minimum atomic E-state index is -0.643. The second kappa shape index (κ2) is 9.96. The zero-order chi connectivity index (χ0) is 20.8. The number of amides is 2. The number of piperazine rings is 1. The summed E-state index contributed by atoms with van der Waals surface area (Å²) in [6, 6.07) is 11.6. The molecule has 2 heterocycles. The van der Waals surface area contributed by atoms with E-state index in [1.807, 2.05) is 43.8 Å². The molecule has 2 N–H and O–H groups in total. The largest absolute Gasteiger partial charge is 0.353 e. The number of anilines is 1. The van der Waals surface area contributed by atoms with Crippen LogP contribution in [0.15, 0.2) is 47.5 Å². The number of nitrogens with one attached hydrogen (secondary N) is 2. The van der Waals surface area contributed by atoms with E-state index in [1.54, 1.807) is 6.07 Å². The molecule has 1 fully saturated rings. The maximum Gasteiger partial charge on any atom is 0.313 e. The molecule has 1 saturated heterocycles. The number of thioether (sulfide) groups is 1. The normalized spacial score (nSPS) is 16.4. The molecule has 8 heteroatoms. The van der Waals surface area contributed by atoms with Crippen molar-refractivity contribution in [2.75, 3.05) is 51.3 Å². The first kappa shape index (κ1) is 21.4. The van der Waals surface area contributed by atoms with Gasteiger partial charge in [-0.15, -0.1) is 11.8 Å². The Labute approximate surface area is 176 Å². The second-order valence-electron chi connectivity index (χ2n) is 7.26. The van der Waals surface area contributed by atoms with Crippen molar-refractivity contribution in [3.8, 4) is 0 Å². The van der Waals surface area contributed by atoms with Crippen LogP contribution in [0, 0.1) is 0 Å². The van der Waals surface area contributed by atoms with Gasteiger partial charge in [0.25, 0.3) is 0 Å². The van der Waals surface area contributed by atoms with E-state index in [-0.39, 0.29) is 6.04 Å². The van der Waals surface area contributed by atoms with Gasteiger partial charge >= 0.3 is 11.8 Å². The van der Waals surface area contributed by atoms with Crippen molar-refractivity contribution in [3.05, 3.63) is 48.3 Å². The summed E-state index contributed by atoms with van der Waals surface area (Å²) in [6.07, 6.45) is 3.94. The summed E-state index contributed by atoms with van der Waals surface area (Å²) >= 11 is 1.53. The third-order valence-electron chi connectivity index (χ3n) is 5.32. The van der Waals surface area contributed by atoms with Gasteiger partial charge in [0.2, 0.25) is 0 Å². The second-order valence-corrected chi connectivity index (χ2v) is 8.11. The summed E-state index contributed by atoms with van der Waals surface area (Å²) in [5, 5.41) is 5.56. The van der Waals surface area contributed by atoms with E-state index in [4.69, 9.17) is 0 Å². The zero-order valence-corrected chi connectivity index (χ0v) is 18.0. The Balaban J connectivity index is 1.64. The molecular formula is C21H29N5O2S. The van der Waals surface area contributed by atoms with E-state index >= 15 is 0 Å². The van der Waals surface area contributed by atoms with E-state index in [0.717, 1.165) is 36.8 Å². The fraction of sp³-hybridized carbons (Fsp3) is 0.429. The van der Waals surface area contributed by atoms with E-state index < -0.39 is 11.8 Å². The molecule has 1 aromatic heterocycles. The number of hydrogen-bond donors (Lipinski definition) is 2. The lowest BCUT2D eigenvalue weighted by molar-refractivity contribution is -0.136. The van der Waals surface area contributed by atoms with Crippen molar-refractivity contribution in [2.24, 2.45) is 7.05 Å². The van der Waals surface area contributed by atoms with Crippen LogP contribution in [0.4, 0.5) is 5.69 Å². The standard InChI is InChI=1S/C21H29N5O2S/c1-24-11-13-26(14-12-24)18(17-8-6-10-25(17)2)15-22-20(27)21(28)23-16-7-4-5-9-19(16)29-3/h4-10,18H,11-15H2,1-3H3,(H,22,27)(H,23,28).